The molecule has 0 aliphatic rings. The molecule has 0 saturated heterocycles. The minimum atomic E-state index is -2.60. The van der Waals surface area contributed by atoms with Crippen molar-refractivity contribution in [3.63, 3.8) is 0 Å². The van der Waals surface area contributed by atoms with Crippen LogP contribution in [0.2, 0.25) is 0 Å². The van der Waals surface area contributed by atoms with Crippen LogP contribution in [0.1, 0.15) is 46.5 Å². The second-order valence-corrected chi connectivity index (χ2v) is 3.92. The third-order valence-electron chi connectivity index (χ3n) is 1.76. The van der Waals surface area contributed by atoms with Crippen LogP contribution in [0, 0.1) is 0 Å². The molecular weight excluding hydrogens is 213 g/mol. The Balaban J connectivity index is 0. The van der Waals surface area contributed by atoms with Gasteiger partial charge in [0.2, 0.25) is 0 Å². The summed E-state index contributed by atoms with van der Waals surface area (Å²) in [5, 5.41) is 2.42. The Morgan fingerprint density at radius 1 is 1.13 bits per heavy atom. The maximum absolute atomic E-state index is 9.41. The zero-order chi connectivity index (χ0) is 11.9. The van der Waals surface area contributed by atoms with Crippen LogP contribution in [-0.2, 0) is 9.09 Å². The van der Waals surface area contributed by atoms with E-state index in [0.29, 0.717) is 0 Å². The lowest BCUT2D eigenvalue weighted by Crippen LogP contribution is -2.84. The molecule has 5 heteroatoms. The summed E-state index contributed by atoms with van der Waals surface area (Å²) in [6.45, 7) is 9.00. The molecule has 0 rings (SSSR count). The van der Waals surface area contributed by atoms with E-state index in [1.165, 1.54) is 38.8 Å². The van der Waals surface area contributed by atoms with Crippen LogP contribution in [0.5, 0.6) is 0 Å². The van der Waals surface area contributed by atoms with Gasteiger partial charge in [0.25, 0.3) is 0 Å². The minimum absolute atomic E-state index is 0.235. The normalized spacial score (nSPS) is 10.5. The number of hydrogen-bond donors (Lipinski definition) is 1. The van der Waals surface area contributed by atoms with Crippen LogP contribution < -0.4 is 10.2 Å². The third-order valence-corrected chi connectivity index (χ3v) is 2.23. The number of hydrogen-bond acceptors (Lipinski definition) is 3. The van der Waals surface area contributed by atoms with Gasteiger partial charge in [0.05, 0.1) is 19.7 Å². The van der Waals surface area contributed by atoms with Gasteiger partial charge in [-0.25, -0.2) is 0 Å². The molecule has 4 nitrogen and oxygen atoms in total. The highest BCUT2D eigenvalue weighted by atomic mass is 31.1. The summed E-state index contributed by atoms with van der Waals surface area (Å²) in [6.07, 6.45) is 5.43. The van der Waals surface area contributed by atoms with E-state index in [1.54, 1.807) is 6.92 Å². The molecule has 0 heterocycles. The van der Waals surface area contributed by atoms with Crippen LogP contribution in [-0.4, -0.2) is 19.7 Å². The van der Waals surface area contributed by atoms with Crippen LogP contribution in [0.4, 0.5) is 0 Å². The lowest BCUT2D eigenvalue weighted by Gasteiger charge is -1.96. The molecule has 2 N–H and O–H groups in total. The first-order valence-corrected chi connectivity index (χ1v) is 6.87. The molecule has 0 amide bonds. The van der Waals surface area contributed by atoms with Gasteiger partial charge in [-0.2, -0.15) is 0 Å². The Kier molecular flexibility index (Phi) is 19.0. The van der Waals surface area contributed by atoms with Crippen LogP contribution >= 0.6 is 8.25 Å². The van der Waals surface area contributed by atoms with Crippen LogP contribution in [0.15, 0.2) is 0 Å². The number of nitrogens with two attached hydrogens (primary N) is 1. The number of unbranched alkanes of at least 4 members (excludes halogenated alkanes) is 2. The van der Waals surface area contributed by atoms with E-state index < -0.39 is 8.25 Å². The van der Waals surface area contributed by atoms with Gasteiger partial charge in [0.1, 0.15) is 0 Å². The smallest absolute Gasteiger partial charge is 0.488 e. The Morgan fingerprint density at radius 3 is 1.80 bits per heavy atom. The van der Waals surface area contributed by atoms with E-state index in [-0.39, 0.29) is 6.61 Å². The molecular formula is C10H25NO3P+. The van der Waals surface area contributed by atoms with E-state index in [2.05, 4.69) is 23.7 Å². The molecule has 0 aliphatic carbocycles. The number of rotatable bonds is 8. The lowest BCUT2D eigenvalue weighted by molar-refractivity contribution is -0.655. The largest absolute Gasteiger partial charge is 0.566 e. The molecule has 0 aromatic rings. The summed E-state index contributed by atoms with van der Waals surface area (Å²) in [7, 11) is -2.60. The second-order valence-electron chi connectivity index (χ2n) is 3.21. The molecule has 0 radical (unpaired) electrons. The van der Waals surface area contributed by atoms with Gasteiger partial charge in [-0.3, -0.25) is 0 Å². The molecule has 92 valence electrons. The van der Waals surface area contributed by atoms with Crippen molar-refractivity contribution in [3.05, 3.63) is 0 Å². The van der Waals surface area contributed by atoms with Crippen molar-refractivity contribution in [3.8, 4) is 0 Å². The summed E-state index contributed by atoms with van der Waals surface area (Å²) in [5.74, 6) is 0. The second kappa shape index (κ2) is 16.4. The lowest BCUT2D eigenvalue weighted by atomic mass is 10.3. The van der Waals surface area contributed by atoms with Gasteiger partial charge in [-0.1, -0.05) is 26.7 Å². The van der Waals surface area contributed by atoms with Gasteiger partial charge < -0.3 is 10.2 Å². The molecule has 0 aromatic heterocycles. The first-order valence-electron chi connectivity index (χ1n) is 5.77. The maximum atomic E-state index is 9.41. The first-order chi connectivity index (χ1) is 7.18. The predicted molar refractivity (Wildman–Crippen MR) is 60.7 cm³/mol. The molecule has 0 spiro atoms. The topological polar surface area (TPSA) is 66.0 Å². The van der Waals surface area contributed by atoms with E-state index >= 15 is 0 Å². The Bertz CT molecular complexity index is 128. The fraction of sp³-hybridized carbons (Fsp3) is 1.00. The van der Waals surface area contributed by atoms with Crippen LogP contribution in [0.25, 0.3) is 0 Å². The molecule has 0 fully saturated rings. The molecule has 0 bridgehead atoms. The first kappa shape index (κ1) is 17.4. The zero-order valence-electron chi connectivity index (χ0n) is 10.2. The Morgan fingerprint density at radius 2 is 1.60 bits per heavy atom. The standard InChI is InChI=1S/C8H19N.C2H5O3P/c1-3-5-7-9-8-6-4-2;1-2-5-6(3)4/h9H,3-8H2,1-2H3;2H2,1H3/p+1. The molecule has 0 aliphatic heterocycles. The highest BCUT2D eigenvalue weighted by molar-refractivity contribution is 7.30. The van der Waals surface area contributed by atoms with E-state index in [9.17, 15) is 9.46 Å². The maximum Gasteiger partial charge on any atom is 0.488 e. The molecule has 0 aromatic carbocycles. The zero-order valence-corrected chi connectivity index (χ0v) is 11.1. The van der Waals surface area contributed by atoms with Gasteiger partial charge in [0.15, 0.2) is 0 Å². The van der Waals surface area contributed by atoms with Crippen molar-refractivity contribution >= 4 is 8.25 Å². The molecule has 1 unspecified atom stereocenters. The minimum Gasteiger partial charge on any atom is -0.566 e. The molecule has 0 saturated carbocycles. The monoisotopic (exact) mass is 238 g/mol. The van der Waals surface area contributed by atoms with Crippen molar-refractivity contribution < 1.29 is 19.3 Å². The highest BCUT2D eigenvalue weighted by Gasteiger charge is 1.92. The van der Waals surface area contributed by atoms with E-state index in [4.69, 9.17) is 0 Å². The number of quaternary nitrogens is 1. The van der Waals surface area contributed by atoms with Gasteiger partial charge in [0, 0.05) is 0 Å². The van der Waals surface area contributed by atoms with Crippen LogP contribution in [0.3, 0.4) is 0 Å². The molecule has 15 heavy (non-hydrogen) atoms. The fourth-order valence-corrected chi connectivity index (χ4v) is 1.16. The average Bonchev–Trinajstić information content (AvgIpc) is 2.18. The SMILES string of the molecule is CCCC[NH2+]CCCC.CCO[P+](=O)[O-]. The average molecular weight is 238 g/mol. The highest BCUT2D eigenvalue weighted by Crippen LogP contribution is 2.05. The van der Waals surface area contributed by atoms with Crippen molar-refractivity contribution in [1.82, 2.24) is 0 Å². The summed E-state index contributed by atoms with van der Waals surface area (Å²) in [5.41, 5.74) is 0. The fourth-order valence-electron chi connectivity index (χ4n) is 0.947. The van der Waals surface area contributed by atoms with Gasteiger partial charge >= 0.3 is 8.25 Å². The quantitative estimate of drug-likeness (QED) is 0.510. The Labute approximate surface area is 94.4 Å². The van der Waals surface area contributed by atoms with Gasteiger partial charge in [-0.15, -0.1) is 4.52 Å². The van der Waals surface area contributed by atoms with Crippen molar-refractivity contribution in [1.29, 1.82) is 0 Å². The molecule has 1 atom stereocenters. The predicted octanol–water partition coefficient (Wildman–Crippen LogP) is 1.19. The van der Waals surface area contributed by atoms with Gasteiger partial charge in [-0.05, 0) is 24.3 Å². The summed E-state index contributed by atoms with van der Waals surface area (Å²) in [4.78, 5) is 9.41. The van der Waals surface area contributed by atoms with Crippen molar-refractivity contribution in [2.24, 2.45) is 0 Å². The van der Waals surface area contributed by atoms with E-state index in [0.717, 1.165) is 0 Å². The summed E-state index contributed by atoms with van der Waals surface area (Å²) < 4.78 is 13.4. The summed E-state index contributed by atoms with van der Waals surface area (Å²) in [6, 6.07) is 0. The summed E-state index contributed by atoms with van der Waals surface area (Å²) >= 11 is 0. The Hall–Kier alpha value is -0.0200. The van der Waals surface area contributed by atoms with Crippen molar-refractivity contribution in [2.75, 3.05) is 19.7 Å². The van der Waals surface area contributed by atoms with E-state index in [1.807, 2.05) is 0 Å². The third kappa shape index (κ3) is 24.9. The van der Waals surface area contributed by atoms with Crippen molar-refractivity contribution in [2.45, 2.75) is 46.5 Å².